The second-order valence-electron chi connectivity index (χ2n) is 5.98. The highest BCUT2D eigenvalue weighted by Gasteiger charge is 2.21. The van der Waals surface area contributed by atoms with Crippen molar-refractivity contribution in [3.05, 3.63) is 33.9 Å². The first-order valence-corrected chi connectivity index (χ1v) is 7.80. The van der Waals surface area contributed by atoms with Gasteiger partial charge in [-0.1, -0.05) is 0 Å². The molecular weight excluding hydrogens is 298 g/mol. The molecule has 0 aromatic heterocycles. The van der Waals surface area contributed by atoms with Crippen LogP contribution in [0.5, 0.6) is 0 Å². The molecule has 1 saturated carbocycles. The average Bonchev–Trinajstić information content (AvgIpc) is 3.33. The van der Waals surface area contributed by atoms with Crippen LogP contribution < -0.4 is 10.2 Å². The van der Waals surface area contributed by atoms with Crippen LogP contribution in [0.2, 0.25) is 0 Å². The largest absolute Gasteiger partial charge is 0.381 e. The third-order valence-electron chi connectivity index (χ3n) is 3.72. The smallest absolute Gasteiger partial charge is 0.270 e. The Kier molecular flexibility index (Phi) is 5.92. The van der Waals surface area contributed by atoms with E-state index in [1.807, 2.05) is 0 Å². The Hall–Kier alpha value is -2.15. The van der Waals surface area contributed by atoms with Crippen molar-refractivity contribution in [1.82, 2.24) is 5.32 Å². The SMILES string of the molecule is CN(C)c1ccc([N+](=O)[O-])cc1C(=O)NCCCOCC1CC1. The number of amides is 1. The fraction of sp³-hybridized carbons (Fsp3) is 0.562. The zero-order valence-corrected chi connectivity index (χ0v) is 13.6. The molecule has 1 fully saturated rings. The van der Waals surface area contributed by atoms with Gasteiger partial charge in [0.1, 0.15) is 0 Å². The zero-order valence-electron chi connectivity index (χ0n) is 13.6. The minimum absolute atomic E-state index is 0.0893. The Labute approximate surface area is 135 Å². The standard InChI is InChI=1S/C16H23N3O4/c1-18(2)15-7-6-13(19(21)22)10-14(15)16(20)17-8-3-9-23-11-12-4-5-12/h6-7,10,12H,3-5,8-9,11H2,1-2H3,(H,17,20). The highest BCUT2D eigenvalue weighted by atomic mass is 16.6. The topological polar surface area (TPSA) is 84.7 Å². The van der Waals surface area contributed by atoms with Crippen LogP contribution >= 0.6 is 0 Å². The van der Waals surface area contributed by atoms with Crippen molar-refractivity contribution in [2.75, 3.05) is 38.8 Å². The minimum atomic E-state index is -0.498. The van der Waals surface area contributed by atoms with E-state index in [2.05, 4.69) is 5.32 Å². The van der Waals surface area contributed by atoms with Crippen LogP contribution in [0.1, 0.15) is 29.6 Å². The number of rotatable bonds is 9. The van der Waals surface area contributed by atoms with Crippen LogP contribution in [-0.4, -0.2) is 44.7 Å². The molecule has 1 aliphatic carbocycles. The maximum Gasteiger partial charge on any atom is 0.270 e. The van der Waals surface area contributed by atoms with Gasteiger partial charge in [-0.2, -0.15) is 0 Å². The number of benzene rings is 1. The minimum Gasteiger partial charge on any atom is -0.381 e. The molecule has 0 aliphatic heterocycles. The first-order chi connectivity index (χ1) is 11.0. The Bertz CT molecular complexity index is 570. The number of non-ortho nitro benzene ring substituents is 1. The van der Waals surface area contributed by atoms with E-state index in [0.717, 1.165) is 18.9 Å². The summed E-state index contributed by atoms with van der Waals surface area (Å²) in [5.74, 6) is 0.428. The number of carbonyl (C=O) groups excluding carboxylic acids is 1. The van der Waals surface area contributed by atoms with Gasteiger partial charge in [-0.15, -0.1) is 0 Å². The van der Waals surface area contributed by atoms with Crippen LogP contribution in [0.4, 0.5) is 11.4 Å². The molecule has 23 heavy (non-hydrogen) atoms. The summed E-state index contributed by atoms with van der Waals surface area (Å²) in [5.41, 5.74) is 0.870. The van der Waals surface area contributed by atoms with Crippen molar-refractivity contribution in [1.29, 1.82) is 0 Å². The molecule has 0 saturated heterocycles. The molecule has 0 radical (unpaired) electrons. The maximum absolute atomic E-state index is 12.3. The summed E-state index contributed by atoms with van der Waals surface area (Å²) in [6, 6.07) is 4.30. The van der Waals surface area contributed by atoms with Gasteiger partial charge in [0.15, 0.2) is 0 Å². The Morgan fingerprint density at radius 1 is 1.43 bits per heavy atom. The molecule has 0 heterocycles. The lowest BCUT2D eigenvalue weighted by Crippen LogP contribution is -2.27. The number of carbonyl (C=O) groups is 1. The van der Waals surface area contributed by atoms with E-state index in [4.69, 9.17) is 4.74 Å². The number of ether oxygens (including phenoxy) is 1. The average molecular weight is 321 g/mol. The molecule has 1 aromatic rings. The molecular formula is C16H23N3O4. The predicted molar refractivity (Wildman–Crippen MR) is 87.9 cm³/mol. The van der Waals surface area contributed by atoms with Gasteiger partial charge in [0.2, 0.25) is 0 Å². The van der Waals surface area contributed by atoms with E-state index in [-0.39, 0.29) is 11.6 Å². The van der Waals surface area contributed by atoms with Gasteiger partial charge in [0.05, 0.1) is 10.5 Å². The summed E-state index contributed by atoms with van der Waals surface area (Å²) in [6.45, 7) is 1.91. The second-order valence-corrected chi connectivity index (χ2v) is 5.98. The molecule has 126 valence electrons. The number of hydrogen-bond donors (Lipinski definition) is 1. The summed E-state index contributed by atoms with van der Waals surface area (Å²) in [6.07, 6.45) is 3.25. The molecule has 0 unspecified atom stereocenters. The number of hydrogen-bond acceptors (Lipinski definition) is 5. The Morgan fingerprint density at radius 2 is 2.17 bits per heavy atom. The van der Waals surface area contributed by atoms with Crippen molar-refractivity contribution in [3.63, 3.8) is 0 Å². The van der Waals surface area contributed by atoms with Gasteiger partial charge in [-0.05, 0) is 31.2 Å². The monoisotopic (exact) mass is 321 g/mol. The van der Waals surface area contributed by atoms with Gasteiger partial charge in [0, 0.05) is 51.7 Å². The first-order valence-electron chi connectivity index (χ1n) is 7.80. The van der Waals surface area contributed by atoms with Gasteiger partial charge in [-0.25, -0.2) is 0 Å². The maximum atomic E-state index is 12.3. The van der Waals surface area contributed by atoms with E-state index in [1.165, 1.54) is 25.0 Å². The van der Waals surface area contributed by atoms with Gasteiger partial charge in [0.25, 0.3) is 11.6 Å². The van der Waals surface area contributed by atoms with E-state index in [0.29, 0.717) is 24.4 Å². The molecule has 2 rings (SSSR count). The van der Waals surface area contributed by atoms with Crippen LogP contribution in [-0.2, 0) is 4.74 Å². The van der Waals surface area contributed by atoms with E-state index < -0.39 is 4.92 Å². The lowest BCUT2D eigenvalue weighted by atomic mass is 10.1. The fourth-order valence-corrected chi connectivity index (χ4v) is 2.22. The van der Waals surface area contributed by atoms with Crippen molar-refractivity contribution >= 4 is 17.3 Å². The Balaban J connectivity index is 1.88. The summed E-state index contributed by atoms with van der Waals surface area (Å²) < 4.78 is 5.51. The van der Waals surface area contributed by atoms with Crippen LogP contribution in [0.15, 0.2) is 18.2 Å². The van der Waals surface area contributed by atoms with Crippen molar-refractivity contribution in [3.8, 4) is 0 Å². The third kappa shape index (κ3) is 5.21. The lowest BCUT2D eigenvalue weighted by Gasteiger charge is -2.17. The van der Waals surface area contributed by atoms with E-state index in [1.54, 1.807) is 25.1 Å². The summed E-state index contributed by atoms with van der Waals surface area (Å²) >= 11 is 0. The number of anilines is 1. The van der Waals surface area contributed by atoms with E-state index >= 15 is 0 Å². The fourth-order valence-electron chi connectivity index (χ4n) is 2.22. The van der Waals surface area contributed by atoms with Crippen molar-refractivity contribution in [2.45, 2.75) is 19.3 Å². The summed E-state index contributed by atoms with van der Waals surface area (Å²) in [5, 5.41) is 13.7. The quantitative estimate of drug-likeness (QED) is 0.428. The first kappa shape index (κ1) is 17.2. The summed E-state index contributed by atoms with van der Waals surface area (Å²) in [4.78, 5) is 24.5. The third-order valence-corrected chi connectivity index (χ3v) is 3.72. The van der Waals surface area contributed by atoms with Gasteiger partial charge < -0.3 is 15.0 Å². The van der Waals surface area contributed by atoms with Gasteiger partial charge in [-0.3, -0.25) is 14.9 Å². The predicted octanol–water partition coefficient (Wildman–Crippen LogP) is 2.21. The van der Waals surface area contributed by atoms with E-state index in [9.17, 15) is 14.9 Å². The molecule has 0 atom stereocenters. The van der Waals surface area contributed by atoms with Crippen LogP contribution in [0, 0.1) is 16.0 Å². The number of nitro groups is 1. The molecule has 1 N–H and O–H groups in total. The highest BCUT2D eigenvalue weighted by Crippen LogP contribution is 2.28. The van der Waals surface area contributed by atoms with Crippen LogP contribution in [0.3, 0.4) is 0 Å². The number of nitrogens with one attached hydrogen (secondary N) is 1. The highest BCUT2D eigenvalue weighted by molar-refractivity contribution is 6.00. The molecule has 1 amide bonds. The molecule has 1 aromatic carbocycles. The molecule has 1 aliphatic rings. The molecule has 7 nitrogen and oxygen atoms in total. The Morgan fingerprint density at radius 3 is 2.78 bits per heavy atom. The lowest BCUT2D eigenvalue weighted by molar-refractivity contribution is -0.384. The number of nitro benzene ring substituents is 1. The summed E-state index contributed by atoms with van der Waals surface area (Å²) in [7, 11) is 3.59. The normalized spacial score (nSPS) is 13.7. The zero-order chi connectivity index (χ0) is 16.8. The number of nitrogens with zero attached hydrogens (tertiary/aromatic N) is 2. The molecule has 7 heteroatoms. The second kappa shape index (κ2) is 7.92. The molecule has 0 spiro atoms. The molecule has 0 bridgehead atoms. The van der Waals surface area contributed by atoms with Gasteiger partial charge >= 0.3 is 0 Å². The van der Waals surface area contributed by atoms with Crippen molar-refractivity contribution < 1.29 is 14.5 Å². The van der Waals surface area contributed by atoms with Crippen molar-refractivity contribution in [2.24, 2.45) is 5.92 Å². The van der Waals surface area contributed by atoms with Crippen LogP contribution in [0.25, 0.3) is 0 Å².